The maximum atomic E-state index is 13.4. The monoisotopic (exact) mass is 439 g/mol. The van der Waals surface area contributed by atoms with Gasteiger partial charge in [0, 0.05) is 23.6 Å². The second-order valence-electron chi connectivity index (χ2n) is 8.08. The van der Waals surface area contributed by atoms with E-state index < -0.39 is 17.9 Å². The highest BCUT2D eigenvalue weighted by Gasteiger charge is 2.51. The molecular weight excluding hydrogens is 414 g/mol. The average molecular weight is 439 g/mol. The first-order chi connectivity index (χ1) is 14.5. The topological polar surface area (TPSA) is 53.6 Å². The van der Waals surface area contributed by atoms with Crippen LogP contribution in [0.15, 0.2) is 42.5 Å². The van der Waals surface area contributed by atoms with E-state index in [0.717, 1.165) is 43.8 Å². The Morgan fingerprint density at radius 3 is 2.45 bits per heavy atom. The van der Waals surface area contributed by atoms with Gasteiger partial charge in [0.1, 0.15) is 5.82 Å². The highest BCUT2D eigenvalue weighted by molar-refractivity contribution is 5.86. The van der Waals surface area contributed by atoms with Crippen molar-refractivity contribution in [2.24, 2.45) is 5.92 Å². The van der Waals surface area contributed by atoms with Crippen LogP contribution in [-0.2, 0) is 11.2 Å². The number of rotatable bonds is 5. The summed E-state index contributed by atoms with van der Waals surface area (Å²) < 4.78 is 56.9. The van der Waals surface area contributed by atoms with Gasteiger partial charge in [0.25, 0.3) is 0 Å². The molecule has 3 rings (SSSR count). The maximum Gasteiger partial charge on any atom is 0.427 e. The van der Waals surface area contributed by atoms with Crippen LogP contribution in [0.2, 0.25) is 0 Å². The molecule has 2 N–H and O–H groups in total. The van der Waals surface area contributed by atoms with E-state index in [1.165, 1.54) is 12.1 Å². The standard InChI is InChI=1S/C22H25F4N3O2/c1-21(2,22(24,25)26)31-20(30)28-17-7-4-15-10-14(12-27-3)13-29(19(15)11-17)18-8-5-16(23)6-9-18/h4-9,11,14,27H,10,12-13H2,1-3H3,(H,28,30)/t14-/m0/s1. The largest absolute Gasteiger partial charge is 0.434 e. The Labute approximate surface area is 178 Å². The summed E-state index contributed by atoms with van der Waals surface area (Å²) in [6.07, 6.45) is -5.10. The fourth-order valence-electron chi connectivity index (χ4n) is 3.52. The lowest BCUT2D eigenvalue weighted by molar-refractivity contribution is -0.242. The first kappa shape index (κ1) is 22.9. The number of carbonyl (C=O) groups excluding carboxylic acids is 1. The Morgan fingerprint density at radius 2 is 1.84 bits per heavy atom. The lowest BCUT2D eigenvalue weighted by atomic mass is 9.91. The second kappa shape index (κ2) is 8.74. The predicted octanol–water partition coefficient (Wildman–Crippen LogP) is 5.24. The lowest BCUT2D eigenvalue weighted by Gasteiger charge is -2.36. The fourth-order valence-corrected chi connectivity index (χ4v) is 3.52. The van der Waals surface area contributed by atoms with Gasteiger partial charge in [-0.1, -0.05) is 6.07 Å². The van der Waals surface area contributed by atoms with Gasteiger partial charge in [0.15, 0.2) is 0 Å². The Bertz CT molecular complexity index is 929. The van der Waals surface area contributed by atoms with Gasteiger partial charge >= 0.3 is 12.3 Å². The molecule has 2 aromatic rings. The summed E-state index contributed by atoms with van der Waals surface area (Å²) in [5.74, 6) is -0.0443. The van der Waals surface area contributed by atoms with E-state index in [0.29, 0.717) is 18.2 Å². The van der Waals surface area contributed by atoms with Crippen LogP contribution in [0.1, 0.15) is 19.4 Å². The number of carbonyl (C=O) groups is 1. The number of hydrogen-bond donors (Lipinski definition) is 2. The number of anilines is 3. The van der Waals surface area contributed by atoms with Crippen molar-refractivity contribution in [2.45, 2.75) is 32.0 Å². The SMILES string of the molecule is CNC[C@@H]1Cc2ccc(NC(=O)OC(C)(C)C(F)(F)F)cc2N(c2ccc(F)cc2)C1. The summed E-state index contributed by atoms with van der Waals surface area (Å²) in [5.41, 5.74) is 0.283. The quantitative estimate of drug-likeness (QED) is 0.626. The van der Waals surface area contributed by atoms with Gasteiger partial charge in [-0.3, -0.25) is 5.32 Å². The van der Waals surface area contributed by atoms with Crippen molar-refractivity contribution < 1.29 is 27.1 Å². The Kier molecular flexibility index (Phi) is 6.45. The van der Waals surface area contributed by atoms with Crippen molar-refractivity contribution in [2.75, 3.05) is 30.4 Å². The number of fused-ring (bicyclic) bond motifs is 1. The zero-order valence-corrected chi connectivity index (χ0v) is 17.5. The number of halogens is 4. The van der Waals surface area contributed by atoms with Gasteiger partial charge in [-0.05, 0) is 81.7 Å². The van der Waals surface area contributed by atoms with Crippen molar-refractivity contribution in [1.29, 1.82) is 0 Å². The van der Waals surface area contributed by atoms with Crippen molar-refractivity contribution in [1.82, 2.24) is 5.32 Å². The molecule has 0 aromatic heterocycles. The molecular formula is C22H25F4N3O2. The number of benzene rings is 2. The smallest absolute Gasteiger partial charge is 0.427 e. The normalized spacial score (nSPS) is 16.6. The third-order valence-electron chi connectivity index (χ3n) is 5.23. The van der Waals surface area contributed by atoms with E-state index in [1.54, 1.807) is 24.3 Å². The van der Waals surface area contributed by atoms with Crippen molar-refractivity contribution in [3.8, 4) is 0 Å². The van der Waals surface area contributed by atoms with Gasteiger partial charge in [-0.25, -0.2) is 9.18 Å². The number of amides is 1. The van der Waals surface area contributed by atoms with Gasteiger partial charge < -0.3 is 15.0 Å². The summed E-state index contributed by atoms with van der Waals surface area (Å²) in [5, 5.41) is 5.55. The molecule has 0 fully saturated rings. The second-order valence-corrected chi connectivity index (χ2v) is 8.08. The van der Waals surface area contributed by atoms with Crippen LogP contribution >= 0.6 is 0 Å². The average Bonchev–Trinajstić information content (AvgIpc) is 2.67. The van der Waals surface area contributed by atoms with Crippen molar-refractivity contribution in [3.63, 3.8) is 0 Å². The van der Waals surface area contributed by atoms with Crippen LogP contribution in [0, 0.1) is 11.7 Å². The number of ether oxygens (including phenoxy) is 1. The minimum atomic E-state index is -4.69. The van der Waals surface area contributed by atoms with Crippen LogP contribution in [0.5, 0.6) is 0 Å². The zero-order chi connectivity index (χ0) is 22.8. The number of nitrogens with zero attached hydrogens (tertiary/aromatic N) is 1. The molecule has 1 heterocycles. The first-order valence-electron chi connectivity index (χ1n) is 9.87. The molecule has 0 unspecified atom stereocenters. The van der Waals surface area contributed by atoms with Crippen LogP contribution in [0.25, 0.3) is 0 Å². The highest BCUT2D eigenvalue weighted by Crippen LogP contribution is 2.38. The Hall–Kier alpha value is -2.81. The minimum absolute atomic E-state index is 0.305. The van der Waals surface area contributed by atoms with Crippen LogP contribution in [0.3, 0.4) is 0 Å². The predicted molar refractivity (Wildman–Crippen MR) is 111 cm³/mol. The van der Waals surface area contributed by atoms with Crippen molar-refractivity contribution >= 4 is 23.2 Å². The molecule has 168 valence electrons. The molecule has 1 atom stereocenters. The highest BCUT2D eigenvalue weighted by atomic mass is 19.4. The molecule has 0 radical (unpaired) electrons. The molecule has 5 nitrogen and oxygen atoms in total. The van der Waals surface area contributed by atoms with E-state index in [1.807, 2.05) is 18.0 Å². The summed E-state index contributed by atoms with van der Waals surface area (Å²) in [4.78, 5) is 14.1. The Morgan fingerprint density at radius 1 is 1.16 bits per heavy atom. The molecule has 0 saturated carbocycles. The summed E-state index contributed by atoms with van der Waals surface area (Å²) in [7, 11) is 1.87. The summed E-state index contributed by atoms with van der Waals surface area (Å²) in [6, 6.07) is 11.2. The molecule has 1 aliphatic heterocycles. The van der Waals surface area contributed by atoms with E-state index >= 15 is 0 Å². The van der Waals surface area contributed by atoms with Crippen LogP contribution in [0.4, 0.5) is 39.4 Å². The summed E-state index contributed by atoms with van der Waals surface area (Å²) >= 11 is 0. The van der Waals surface area contributed by atoms with Gasteiger partial charge in [-0.2, -0.15) is 13.2 Å². The number of nitrogens with one attached hydrogen (secondary N) is 2. The minimum Gasteiger partial charge on any atom is -0.434 e. The van der Waals surface area contributed by atoms with E-state index in [2.05, 4.69) is 15.4 Å². The number of hydrogen-bond acceptors (Lipinski definition) is 4. The third-order valence-corrected chi connectivity index (χ3v) is 5.23. The molecule has 0 spiro atoms. The molecule has 9 heteroatoms. The zero-order valence-electron chi connectivity index (χ0n) is 17.5. The van der Waals surface area contributed by atoms with E-state index in [-0.39, 0.29) is 5.82 Å². The fraction of sp³-hybridized carbons (Fsp3) is 0.409. The van der Waals surface area contributed by atoms with E-state index in [9.17, 15) is 22.4 Å². The molecule has 1 aliphatic rings. The summed E-state index contributed by atoms with van der Waals surface area (Å²) in [6.45, 7) is 3.03. The number of alkyl halides is 3. The molecule has 0 bridgehead atoms. The van der Waals surface area contributed by atoms with Gasteiger partial charge in [0.2, 0.25) is 5.60 Å². The first-order valence-corrected chi connectivity index (χ1v) is 9.87. The van der Waals surface area contributed by atoms with Crippen LogP contribution < -0.4 is 15.5 Å². The van der Waals surface area contributed by atoms with E-state index in [4.69, 9.17) is 0 Å². The Balaban J connectivity index is 1.86. The van der Waals surface area contributed by atoms with Crippen molar-refractivity contribution in [3.05, 3.63) is 53.8 Å². The van der Waals surface area contributed by atoms with Gasteiger partial charge in [-0.15, -0.1) is 0 Å². The maximum absolute atomic E-state index is 13.4. The molecule has 2 aromatic carbocycles. The molecule has 0 aliphatic carbocycles. The molecule has 0 saturated heterocycles. The van der Waals surface area contributed by atoms with Crippen LogP contribution in [-0.4, -0.2) is 38.0 Å². The van der Waals surface area contributed by atoms with Gasteiger partial charge in [0.05, 0.1) is 0 Å². The lowest BCUT2D eigenvalue weighted by Crippen LogP contribution is -2.44. The third kappa shape index (κ3) is 5.28. The molecule has 1 amide bonds. The molecule has 31 heavy (non-hydrogen) atoms.